The molecule has 0 radical (unpaired) electrons. The molecule has 0 saturated carbocycles. The lowest BCUT2D eigenvalue weighted by atomic mass is 9.92. The van der Waals surface area contributed by atoms with Crippen LogP contribution in [0.5, 0.6) is 11.5 Å². The summed E-state index contributed by atoms with van der Waals surface area (Å²) >= 11 is 0. The van der Waals surface area contributed by atoms with Gasteiger partial charge in [-0.15, -0.1) is 0 Å². The van der Waals surface area contributed by atoms with E-state index in [1.54, 1.807) is 0 Å². The van der Waals surface area contributed by atoms with E-state index in [2.05, 4.69) is 5.32 Å². The molecular weight excluding hydrogens is 428 g/mol. The Labute approximate surface area is 200 Å². The first-order chi connectivity index (χ1) is 16.6. The molecule has 0 spiro atoms. The van der Waals surface area contributed by atoms with Crippen LogP contribution in [0.2, 0.25) is 0 Å². The molecule has 176 valence electrons. The number of para-hydroxylation sites is 2. The zero-order valence-corrected chi connectivity index (χ0v) is 19.4. The van der Waals surface area contributed by atoms with E-state index in [0.717, 1.165) is 42.2 Å². The molecule has 2 atom stereocenters. The summed E-state index contributed by atoms with van der Waals surface area (Å²) in [5.41, 5.74) is 1.73. The largest absolute Gasteiger partial charge is 0.490 e. The smallest absolute Gasteiger partial charge is 0.258 e. The lowest BCUT2D eigenvalue weighted by molar-refractivity contribution is 0.0242. The van der Waals surface area contributed by atoms with Crippen molar-refractivity contribution in [3.63, 3.8) is 0 Å². The average Bonchev–Trinajstić information content (AvgIpc) is 3.39. The Morgan fingerprint density at radius 2 is 1.71 bits per heavy atom. The number of fused-ring (bicyclic) bond motifs is 1. The molecule has 3 aromatic rings. The van der Waals surface area contributed by atoms with Gasteiger partial charge >= 0.3 is 0 Å². The Balaban J connectivity index is 1.36. The standard InChI is InChI=1S/C28H30N2O4/c1-28(21-9-7-12-23(19-21)34-18-17-33-22-10-3-2-4-11-22)29-26-15-6-5-14-25(26)27(31)30(28)20-24-13-8-16-32-24/h2-7,9-12,14-15,19,24,29H,8,13,16-18,20H2,1H3. The number of nitrogens with zero attached hydrogens (tertiary/aromatic N) is 1. The Bertz CT molecular complexity index is 1130. The first-order valence-electron chi connectivity index (χ1n) is 11.9. The average molecular weight is 459 g/mol. The lowest BCUT2D eigenvalue weighted by Crippen LogP contribution is -2.57. The minimum atomic E-state index is -0.739. The third kappa shape index (κ3) is 4.59. The fourth-order valence-corrected chi connectivity index (χ4v) is 4.67. The molecule has 2 heterocycles. The maximum absolute atomic E-state index is 13.6. The molecule has 6 heteroatoms. The van der Waals surface area contributed by atoms with E-state index in [4.69, 9.17) is 14.2 Å². The Hall–Kier alpha value is -3.51. The molecule has 1 amide bonds. The van der Waals surface area contributed by atoms with Gasteiger partial charge in [-0.1, -0.05) is 42.5 Å². The second-order valence-electron chi connectivity index (χ2n) is 8.83. The molecule has 0 aliphatic carbocycles. The minimum Gasteiger partial charge on any atom is -0.490 e. The van der Waals surface area contributed by atoms with Crippen LogP contribution in [0.15, 0.2) is 78.9 Å². The van der Waals surface area contributed by atoms with Gasteiger partial charge in [0.1, 0.15) is 30.4 Å². The zero-order chi connectivity index (χ0) is 23.4. The van der Waals surface area contributed by atoms with Crippen molar-refractivity contribution in [3.8, 4) is 11.5 Å². The van der Waals surface area contributed by atoms with Crippen LogP contribution >= 0.6 is 0 Å². The normalized spacial score (nSPS) is 21.6. The van der Waals surface area contributed by atoms with Gasteiger partial charge in [-0.2, -0.15) is 0 Å². The molecule has 6 nitrogen and oxygen atoms in total. The number of hydrogen-bond donors (Lipinski definition) is 1. The van der Waals surface area contributed by atoms with Crippen LogP contribution in [0.3, 0.4) is 0 Å². The summed E-state index contributed by atoms with van der Waals surface area (Å²) in [6.07, 6.45) is 2.04. The number of carbonyl (C=O) groups is 1. The Morgan fingerprint density at radius 3 is 2.50 bits per heavy atom. The monoisotopic (exact) mass is 458 g/mol. The zero-order valence-electron chi connectivity index (χ0n) is 19.4. The van der Waals surface area contributed by atoms with Gasteiger partial charge in [0.2, 0.25) is 0 Å². The SMILES string of the molecule is CC1(c2cccc(OCCOc3ccccc3)c2)Nc2ccccc2C(=O)N1CC1CCCO1. The van der Waals surface area contributed by atoms with Gasteiger partial charge in [0.25, 0.3) is 5.91 Å². The maximum Gasteiger partial charge on any atom is 0.258 e. The van der Waals surface area contributed by atoms with Crippen LogP contribution in [-0.4, -0.2) is 43.3 Å². The van der Waals surface area contributed by atoms with Gasteiger partial charge in [0.15, 0.2) is 0 Å². The number of benzene rings is 3. The second-order valence-corrected chi connectivity index (χ2v) is 8.83. The number of rotatable bonds is 8. The van der Waals surface area contributed by atoms with Gasteiger partial charge in [-0.3, -0.25) is 4.79 Å². The van der Waals surface area contributed by atoms with E-state index in [0.29, 0.717) is 25.3 Å². The van der Waals surface area contributed by atoms with E-state index in [9.17, 15) is 4.79 Å². The van der Waals surface area contributed by atoms with E-state index < -0.39 is 5.66 Å². The van der Waals surface area contributed by atoms with Gasteiger partial charge in [-0.25, -0.2) is 0 Å². The lowest BCUT2D eigenvalue weighted by Gasteiger charge is -2.47. The summed E-state index contributed by atoms with van der Waals surface area (Å²) < 4.78 is 17.6. The molecular formula is C28H30N2O4. The van der Waals surface area contributed by atoms with Gasteiger partial charge in [0.05, 0.1) is 11.7 Å². The summed E-state index contributed by atoms with van der Waals surface area (Å²) in [4.78, 5) is 15.5. The Morgan fingerprint density at radius 1 is 0.971 bits per heavy atom. The quantitative estimate of drug-likeness (QED) is 0.478. The molecule has 2 unspecified atom stereocenters. The Kier molecular flexibility index (Phi) is 6.41. The van der Waals surface area contributed by atoms with Crippen molar-refractivity contribution in [2.24, 2.45) is 0 Å². The molecule has 34 heavy (non-hydrogen) atoms. The first kappa shape index (κ1) is 22.3. The third-order valence-electron chi connectivity index (χ3n) is 6.49. The van der Waals surface area contributed by atoms with Crippen molar-refractivity contribution >= 4 is 11.6 Å². The van der Waals surface area contributed by atoms with Gasteiger partial charge in [0, 0.05) is 24.4 Å². The van der Waals surface area contributed by atoms with Crippen LogP contribution in [0.4, 0.5) is 5.69 Å². The summed E-state index contributed by atoms with van der Waals surface area (Å²) in [5.74, 6) is 1.57. The fraction of sp³-hybridized carbons (Fsp3) is 0.321. The summed E-state index contributed by atoms with van der Waals surface area (Å²) in [7, 11) is 0. The van der Waals surface area contributed by atoms with Crippen molar-refractivity contribution < 1.29 is 19.0 Å². The molecule has 0 aromatic heterocycles. The van der Waals surface area contributed by atoms with Gasteiger partial charge in [-0.05, 0) is 56.2 Å². The number of ether oxygens (including phenoxy) is 3. The first-order valence-corrected chi connectivity index (χ1v) is 11.9. The van der Waals surface area contributed by atoms with Crippen molar-refractivity contribution in [3.05, 3.63) is 90.0 Å². The number of hydrogen-bond acceptors (Lipinski definition) is 5. The predicted octanol–water partition coefficient (Wildman–Crippen LogP) is 5.06. The highest BCUT2D eigenvalue weighted by Crippen LogP contribution is 2.39. The molecule has 1 saturated heterocycles. The topological polar surface area (TPSA) is 60.0 Å². The highest BCUT2D eigenvalue weighted by molar-refractivity contribution is 6.02. The number of anilines is 1. The molecule has 0 bridgehead atoms. The van der Waals surface area contributed by atoms with Crippen LogP contribution in [-0.2, 0) is 10.4 Å². The molecule has 2 aliphatic heterocycles. The predicted molar refractivity (Wildman–Crippen MR) is 131 cm³/mol. The summed E-state index contributed by atoms with van der Waals surface area (Å²) in [6, 6.07) is 25.3. The minimum absolute atomic E-state index is 0.00920. The van der Waals surface area contributed by atoms with Crippen LogP contribution < -0.4 is 14.8 Å². The molecule has 2 aliphatic rings. The number of carbonyl (C=O) groups excluding carboxylic acids is 1. The second kappa shape index (κ2) is 9.77. The van der Waals surface area contributed by atoms with Crippen LogP contribution in [0, 0.1) is 0 Å². The van der Waals surface area contributed by atoms with E-state index >= 15 is 0 Å². The molecule has 1 N–H and O–H groups in total. The van der Waals surface area contributed by atoms with Crippen molar-refractivity contribution in [2.45, 2.75) is 31.5 Å². The molecule has 5 rings (SSSR count). The van der Waals surface area contributed by atoms with Gasteiger partial charge < -0.3 is 24.4 Å². The maximum atomic E-state index is 13.6. The fourth-order valence-electron chi connectivity index (χ4n) is 4.67. The van der Waals surface area contributed by atoms with E-state index in [1.165, 1.54) is 0 Å². The van der Waals surface area contributed by atoms with Crippen molar-refractivity contribution in [2.75, 3.05) is 31.7 Å². The van der Waals surface area contributed by atoms with Crippen LogP contribution in [0.1, 0.15) is 35.7 Å². The van der Waals surface area contributed by atoms with E-state index in [1.807, 2.05) is 90.7 Å². The highest BCUT2D eigenvalue weighted by Gasteiger charge is 2.43. The van der Waals surface area contributed by atoms with E-state index in [-0.39, 0.29) is 12.0 Å². The number of nitrogens with one attached hydrogen (secondary N) is 1. The summed E-state index contributed by atoms with van der Waals surface area (Å²) in [5, 5.41) is 3.63. The highest BCUT2D eigenvalue weighted by atomic mass is 16.5. The number of amides is 1. The van der Waals surface area contributed by atoms with Crippen molar-refractivity contribution in [1.82, 2.24) is 4.90 Å². The third-order valence-corrected chi connectivity index (χ3v) is 6.49. The van der Waals surface area contributed by atoms with Crippen LogP contribution in [0.25, 0.3) is 0 Å². The molecule has 1 fully saturated rings. The molecule has 3 aromatic carbocycles. The van der Waals surface area contributed by atoms with Crippen molar-refractivity contribution in [1.29, 1.82) is 0 Å². The summed E-state index contributed by atoms with van der Waals surface area (Å²) in [6.45, 7) is 4.20.